The molecular formula is C12H15ClN2O4S. The molecule has 2 rings (SSSR count). The largest absolute Gasteiger partial charge is 0.481 e. The molecule has 2 unspecified atom stereocenters. The second-order valence-electron chi connectivity index (χ2n) is 4.81. The number of hydrogen-bond donors (Lipinski definition) is 2. The number of pyridine rings is 1. The number of halogens is 1. The van der Waals surface area contributed by atoms with Crippen LogP contribution in [0.3, 0.4) is 0 Å². The lowest BCUT2D eigenvalue weighted by molar-refractivity contribution is -0.143. The summed E-state index contributed by atoms with van der Waals surface area (Å²) in [4.78, 5) is 14.6. The Morgan fingerprint density at radius 3 is 2.85 bits per heavy atom. The highest BCUT2D eigenvalue weighted by Crippen LogP contribution is 2.26. The fourth-order valence-electron chi connectivity index (χ4n) is 2.38. The molecule has 0 spiro atoms. The number of carbonyl (C=O) groups is 1. The van der Waals surface area contributed by atoms with Gasteiger partial charge in [0.25, 0.3) is 0 Å². The summed E-state index contributed by atoms with van der Waals surface area (Å²) in [5.41, 5.74) is 0. The molecule has 1 aliphatic carbocycles. The molecule has 0 saturated heterocycles. The highest BCUT2D eigenvalue weighted by molar-refractivity contribution is 7.89. The number of rotatable bonds is 4. The first-order valence-electron chi connectivity index (χ1n) is 6.26. The summed E-state index contributed by atoms with van der Waals surface area (Å²) in [7, 11) is -3.78. The van der Waals surface area contributed by atoms with Gasteiger partial charge in [0.15, 0.2) is 0 Å². The van der Waals surface area contributed by atoms with Crippen molar-refractivity contribution in [1.82, 2.24) is 9.71 Å². The lowest BCUT2D eigenvalue weighted by Gasteiger charge is -2.27. The van der Waals surface area contributed by atoms with Gasteiger partial charge in [-0.15, -0.1) is 0 Å². The van der Waals surface area contributed by atoms with Crippen LogP contribution in [0.1, 0.15) is 25.7 Å². The topological polar surface area (TPSA) is 96.4 Å². The van der Waals surface area contributed by atoms with Crippen molar-refractivity contribution in [1.29, 1.82) is 0 Å². The van der Waals surface area contributed by atoms with Gasteiger partial charge in [0, 0.05) is 12.2 Å². The zero-order valence-electron chi connectivity index (χ0n) is 10.6. The van der Waals surface area contributed by atoms with Crippen molar-refractivity contribution in [2.45, 2.75) is 36.6 Å². The molecule has 0 aliphatic heterocycles. The minimum atomic E-state index is -3.78. The Morgan fingerprint density at radius 2 is 2.20 bits per heavy atom. The molecule has 0 bridgehead atoms. The van der Waals surface area contributed by atoms with Gasteiger partial charge >= 0.3 is 5.97 Å². The quantitative estimate of drug-likeness (QED) is 0.823. The Labute approximate surface area is 122 Å². The third-order valence-corrected chi connectivity index (χ3v) is 5.32. The molecule has 1 aromatic rings. The van der Waals surface area contributed by atoms with E-state index in [0.29, 0.717) is 25.7 Å². The van der Waals surface area contributed by atoms with E-state index in [1.807, 2.05) is 0 Å². The van der Waals surface area contributed by atoms with Gasteiger partial charge in [-0.25, -0.2) is 18.1 Å². The van der Waals surface area contributed by atoms with E-state index < -0.39 is 21.9 Å². The highest BCUT2D eigenvalue weighted by Gasteiger charge is 2.30. The van der Waals surface area contributed by atoms with Crippen LogP contribution in [0.5, 0.6) is 0 Å². The van der Waals surface area contributed by atoms with E-state index in [-0.39, 0.29) is 16.1 Å². The molecule has 110 valence electrons. The molecule has 1 aromatic heterocycles. The average molecular weight is 319 g/mol. The molecule has 6 nitrogen and oxygen atoms in total. The standard InChI is InChI=1S/C12H15ClN2O4S/c13-11-10(5-2-6-14-11)20(18,19)15-9-4-1-3-8(7-9)12(16)17/h2,5-6,8-9,15H,1,3-4,7H2,(H,16,17). The van der Waals surface area contributed by atoms with E-state index in [1.165, 1.54) is 18.3 Å². The first kappa shape index (κ1) is 15.2. The predicted octanol–water partition coefficient (Wildman–Crippen LogP) is 1.66. The van der Waals surface area contributed by atoms with Crippen LogP contribution in [-0.2, 0) is 14.8 Å². The maximum Gasteiger partial charge on any atom is 0.306 e. The van der Waals surface area contributed by atoms with Crippen LogP contribution in [0.2, 0.25) is 5.15 Å². The summed E-state index contributed by atoms with van der Waals surface area (Å²) in [6.45, 7) is 0. The summed E-state index contributed by atoms with van der Waals surface area (Å²) in [6, 6.07) is 2.47. The lowest BCUT2D eigenvalue weighted by atomic mass is 9.86. The number of sulfonamides is 1. The minimum Gasteiger partial charge on any atom is -0.481 e. The van der Waals surface area contributed by atoms with Crippen LogP contribution in [0.4, 0.5) is 0 Å². The van der Waals surface area contributed by atoms with Crippen LogP contribution in [0.15, 0.2) is 23.2 Å². The van der Waals surface area contributed by atoms with Gasteiger partial charge in [0.05, 0.1) is 5.92 Å². The van der Waals surface area contributed by atoms with Crippen LogP contribution in [0, 0.1) is 5.92 Å². The molecule has 0 amide bonds. The van der Waals surface area contributed by atoms with E-state index in [2.05, 4.69) is 9.71 Å². The first-order valence-corrected chi connectivity index (χ1v) is 8.12. The Balaban J connectivity index is 2.13. The van der Waals surface area contributed by atoms with E-state index >= 15 is 0 Å². The number of aliphatic carboxylic acids is 1. The molecule has 0 radical (unpaired) electrons. The van der Waals surface area contributed by atoms with E-state index in [1.54, 1.807) is 0 Å². The second kappa shape index (κ2) is 6.07. The summed E-state index contributed by atoms with van der Waals surface area (Å²) >= 11 is 5.78. The van der Waals surface area contributed by atoms with Crippen LogP contribution in [-0.4, -0.2) is 30.5 Å². The zero-order valence-corrected chi connectivity index (χ0v) is 12.2. The molecular weight excluding hydrogens is 304 g/mol. The van der Waals surface area contributed by atoms with Gasteiger partial charge in [0.2, 0.25) is 10.0 Å². The summed E-state index contributed by atoms with van der Waals surface area (Å²) in [5, 5.41) is 8.92. The fraction of sp³-hybridized carbons (Fsp3) is 0.500. The second-order valence-corrected chi connectivity index (χ2v) is 6.85. The van der Waals surface area contributed by atoms with E-state index in [0.717, 1.165) is 0 Å². The average Bonchev–Trinajstić information content (AvgIpc) is 2.38. The summed E-state index contributed by atoms with van der Waals surface area (Å²) in [6.07, 6.45) is 3.60. The molecule has 1 heterocycles. The third kappa shape index (κ3) is 3.47. The maximum absolute atomic E-state index is 12.2. The monoisotopic (exact) mass is 318 g/mol. The SMILES string of the molecule is O=C(O)C1CCCC(NS(=O)(=O)c2cccnc2Cl)C1. The maximum atomic E-state index is 12.2. The lowest BCUT2D eigenvalue weighted by Crippen LogP contribution is -2.40. The first-order chi connectivity index (χ1) is 9.40. The molecule has 0 aromatic carbocycles. The van der Waals surface area contributed by atoms with Gasteiger partial charge in [-0.3, -0.25) is 4.79 Å². The molecule has 2 atom stereocenters. The van der Waals surface area contributed by atoms with Crippen molar-refractivity contribution in [3.8, 4) is 0 Å². The summed E-state index contributed by atoms with van der Waals surface area (Å²) in [5.74, 6) is -1.38. The Kier molecular flexibility index (Phi) is 4.62. The van der Waals surface area contributed by atoms with Crippen molar-refractivity contribution < 1.29 is 18.3 Å². The Bertz CT molecular complexity index is 605. The normalized spacial score (nSPS) is 23.4. The van der Waals surface area contributed by atoms with Crippen molar-refractivity contribution >= 4 is 27.6 Å². The Hall–Kier alpha value is -1.18. The van der Waals surface area contributed by atoms with Crippen molar-refractivity contribution in [2.75, 3.05) is 0 Å². The van der Waals surface area contributed by atoms with Crippen LogP contribution >= 0.6 is 11.6 Å². The fourth-order valence-corrected chi connectivity index (χ4v) is 4.11. The molecule has 1 aliphatic rings. The number of nitrogens with zero attached hydrogens (tertiary/aromatic N) is 1. The smallest absolute Gasteiger partial charge is 0.306 e. The third-order valence-electron chi connectivity index (χ3n) is 3.36. The molecule has 1 fully saturated rings. The minimum absolute atomic E-state index is 0.0842. The van der Waals surface area contributed by atoms with Gasteiger partial charge in [0.1, 0.15) is 10.0 Å². The van der Waals surface area contributed by atoms with Crippen LogP contribution < -0.4 is 4.72 Å². The summed E-state index contributed by atoms with van der Waals surface area (Å²) < 4.78 is 27.0. The van der Waals surface area contributed by atoms with E-state index in [9.17, 15) is 13.2 Å². The van der Waals surface area contributed by atoms with Gasteiger partial charge in [-0.2, -0.15) is 0 Å². The molecule has 20 heavy (non-hydrogen) atoms. The van der Waals surface area contributed by atoms with Crippen molar-refractivity contribution in [3.63, 3.8) is 0 Å². The number of aromatic nitrogens is 1. The van der Waals surface area contributed by atoms with Crippen molar-refractivity contribution in [3.05, 3.63) is 23.5 Å². The number of hydrogen-bond acceptors (Lipinski definition) is 4. The molecule has 8 heteroatoms. The predicted molar refractivity (Wildman–Crippen MR) is 73.0 cm³/mol. The highest BCUT2D eigenvalue weighted by atomic mass is 35.5. The van der Waals surface area contributed by atoms with E-state index in [4.69, 9.17) is 16.7 Å². The number of carboxylic acid groups (broad SMARTS) is 1. The number of nitrogens with one attached hydrogen (secondary N) is 1. The Morgan fingerprint density at radius 1 is 1.45 bits per heavy atom. The van der Waals surface area contributed by atoms with Gasteiger partial charge in [-0.05, 0) is 31.4 Å². The number of carboxylic acids is 1. The zero-order chi connectivity index (χ0) is 14.8. The van der Waals surface area contributed by atoms with Gasteiger partial charge in [-0.1, -0.05) is 18.0 Å². The van der Waals surface area contributed by atoms with Crippen LogP contribution in [0.25, 0.3) is 0 Å². The van der Waals surface area contributed by atoms with Crippen molar-refractivity contribution in [2.24, 2.45) is 5.92 Å². The molecule has 1 saturated carbocycles. The van der Waals surface area contributed by atoms with Gasteiger partial charge < -0.3 is 5.11 Å². The molecule has 2 N–H and O–H groups in total.